The molecule has 2 atom stereocenters. The van der Waals surface area contributed by atoms with Gasteiger partial charge in [-0.15, -0.1) is 0 Å². The van der Waals surface area contributed by atoms with E-state index in [9.17, 15) is 0 Å². The highest BCUT2D eigenvalue weighted by Gasteiger charge is 2.35. The average Bonchev–Trinajstić information content (AvgIpc) is 2.09. The summed E-state index contributed by atoms with van der Waals surface area (Å²) < 4.78 is 0. The molecular formula is C12H22BrN. The minimum absolute atomic E-state index is 0.666. The van der Waals surface area contributed by atoms with Crippen LogP contribution in [0.4, 0.5) is 0 Å². The van der Waals surface area contributed by atoms with Gasteiger partial charge in [0.05, 0.1) is 0 Å². The molecule has 0 aromatic rings. The van der Waals surface area contributed by atoms with Gasteiger partial charge >= 0.3 is 0 Å². The Morgan fingerprint density at radius 2 is 2.14 bits per heavy atom. The summed E-state index contributed by atoms with van der Waals surface area (Å²) in [6.07, 6.45) is 5.70. The van der Waals surface area contributed by atoms with Gasteiger partial charge in [0, 0.05) is 17.9 Å². The van der Waals surface area contributed by atoms with E-state index in [0.29, 0.717) is 5.41 Å². The Bertz CT molecular complexity index is 200. The second-order valence-corrected chi connectivity index (χ2v) is 6.86. The average molecular weight is 260 g/mol. The van der Waals surface area contributed by atoms with Crippen molar-refractivity contribution in [2.45, 2.75) is 44.4 Å². The van der Waals surface area contributed by atoms with Crippen LogP contribution in [0.2, 0.25) is 0 Å². The first-order valence-electron chi connectivity index (χ1n) is 5.95. The van der Waals surface area contributed by atoms with Crippen LogP contribution in [-0.2, 0) is 0 Å². The Morgan fingerprint density at radius 3 is 2.64 bits per heavy atom. The van der Waals surface area contributed by atoms with Gasteiger partial charge in [-0.1, -0.05) is 36.2 Å². The van der Waals surface area contributed by atoms with Crippen LogP contribution in [0, 0.1) is 11.3 Å². The Balaban J connectivity index is 1.81. The third-order valence-corrected chi connectivity index (χ3v) is 5.41. The minimum Gasteiger partial charge on any atom is -0.302 e. The number of alkyl halides is 1. The molecule has 2 heteroatoms. The van der Waals surface area contributed by atoms with Crippen molar-refractivity contribution in [3.63, 3.8) is 0 Å². The molecule has 0 bridgehead atoms. The van der Waals surface area contributed by atoms with E-state index in [4.69, 9.17) is 0 Å². The Kier molecular flexibility index (Phi) is 3.23. The number of hydrogen-bond donors (Lipinski definition) is 0. The summed E-state index contributed by atoms with van der Waals surface area (Å²) in [7, 11) is 0. The molecule has 0 amide bonds. The lowest BCUT2D eigenvalue weighted by molar-refractivity contribution is 0.0640. The minimum atomic E-state index is 0.666. The van der Waals surface area contributed by atoms with Crippen LogP contribution in [-0.4, -0.2) is 29.4 Å². The lowest BCUT2D eigenvalue weighted by atomic mass is 9.70. The molecule has 0 radical (unpaired) electrons. The van der Waals surface area contributed by atoms with Gasteiger partial charge in [-0.3, -0.25) is 0 Å². The van der Waals surface area contributed by atoms with E-state index in [1.54, 1.807) is 0 Å². The molecule has 1 saturated carbocycles. The van der Waals surface area contributed by atoms with E-state index >= 15 is 0 Å². The van der Waals surface area contributed by atoms with Crippen LogP contribution in [0.1, 0.15) is 39.5 Å². The maximum atomic E-state index is 3.77. The van der Waals surface area contributed by atoms with Crippen LogP contribution in [0.3, 0.4) is 0 Å². The first-order valence-corrected chi connectivity index (χ1v) is 6.87. The molecule has 0 spiro atoms. The number of likely N-dealkylation sites (tertiary alicyclic amines) is 1. The first-order chi connectivity index (χ1) is 6.59. The summed E-state index contributed by atoms with van der Waals surface area (Å²) in [5, 5.41) is 0. The predicted octanol–water partition coefficient (Wildman–Crippen LogP) is 3.28. The van der Waals surface area contributed by atoms with Crippen molar-refractivity contribution in [1.82, 2.24) is 4.90 Å². The van der Waals surface area contributed by atoms with Gasteiger partial charge in [-0.05, 0) is 37.1 Å². The zero-order chi connectivity index (χ0) is 10.2. The molecule has 2 aliphatic rings. The molecular weight excluding hydrogens is 238 g/mol. The number of nitrogens with zero attached hydrogens (tertiary/aromatic N) is 1. The van der Waals surface area contributed by atoms with Gasteiger partial charge in [0.2, 0.25) is 0 Å². The summed E-state index contributed by atoms with van der Waals surface area (Å²) in [5.41, 5.74) is 0.666. The maximum absolute atomic E-state index is 3.77. The molecule has 1 saturated heterocycles. The van der Waals surface area contributed by atoms with E-state index in [1.165, 1.54) is 45.3 Å². The number of rotatable bonds is 2. The largest absolute Gasteiger partial charge is 0.302 e. The fourth-order valence-corrected chi connectivity index (χ4v) is 3.20. The molecule has 1 heterocycles. The van der Waals surface area contributed by atoms with Crippen molar-refractivity contribution in [2.24, 2.45) is 11.3 Å². The van der Waals surface area contributed by atoms with Crippen LogP contribution in [0.5, 0.6) is 0 Å². The van der Waals surface area contributed by atoms with Crippen molar-refractivity contribution < 1.29 is 0 Å². The van der Waals surface area contributed by atoms with E-state index in [2.05, 4.69) is 34.7 Å². The summed E-state index contributed by atoms with van der Waals surface area (Å²) in [6.45, 7) is 8.77. The normalized spacial score (nSPS) is 37.9. The van der Waals surface area contributed by atoms with Gasteiger partial charge in [0.25, 0.3) is 0 Å². The van der Waals surface area contributed by atoms with Gasteiger partial charge < -0.3 is 4.90 Å². The van der Waals surface area contributed by atoms with Crippen molar-refractivity contribution >= 4 is 15.9 Å². The standard InChI is InChI=1S/C12H22BrN/c1-10-8-14(7-4-11(10)13)9-12(2)5-3-6-12/h10-11H,3-9H2,1-2H3. The van der Waals surface area contributed by atoms with Crippen molar-refractivity contribution in [1.29, 1.82) is 0 Å². The van der Waals surface area contributed by atoms with Gasteiger partial charge in [0.1, 0.15) is 0 Å². The summed E-state index contributed by atoms with van der Waals surface area (Å²) in [6, 6.07) is 0. The quantitative estimate of drug-likeness (QED) is 0.689. The summed E-state index contributed by atoms with van der Waals surface area (Å²) in [4.78, 5) is 3.44. The van der Waals surface area contributed by atoms with Crippen LogP contribution < -0.4 is 0 Å². The second-order valence-electron chi connectivity index (χ2n) is 5.68. The smallest absolute Gasteiger partial charge is 0.0195 e. The van der Waals surface area contributed by atoms with Gasteiger partial charge in [0.15, 0.2) is 0 Å². The number of halogens is 1. The van der Waals surface area contributed by atoms with Crippen LogP contribution >= 0.6 is 15.9 Å². The molecule has 1 nitrogen and oxygen atoms in total. The third kappa shape index (κ3) is 2.33. The van der Waals surface area contributed by atoms with E-state index in [-0.39, 0.29) is 0 Å². The highest BCUT2D eigenvalue weighted by Crippen LogP contribution is 2.41. The SMILES string of the molecule is CC1CN(CC2(C)CCC2)CCC1Br. The van der Waals surface area contributed by atoms with E-state index in [1.807, 2.05) is 0 Å². The molecule has 0 aromatic heterocycles. The van der Waals surface area contributed by atoms with Crippen molar-refractivity contribution in [3.8, 4) is 0 Å². The number of piperidine rings is 1. The Morgan fingerprint density at radius 1 is 1.43 bits per heavy atom. The monoisotopic (exact) mass is 259 g/mol. The van der Waals surface area contributed by atoms with Crippen LogP contribution in [0.15, 0.2) is 0 Å². The van der Waals surface area contributed by atoms with Crippen molar-refractivity contribution in [3.05, 3.63) is 0 Å². The van der Waals surface area contributed by atoms with E-state index in [0.717, 1.165) is 10.7 Å². The van der Waals surface area contributed by atoms with Crippen molar-refractivity contribution in [2.75, 3.05) is 19.6 Å². The molecule has 1 aliphatic heterocycles. The maximum Gasteiger partial charge on any atom is 0.0195 e. The predicted molar refractivity (Wildman–Crippen MR) is 64.9 cm³/mol. The lowest BCUT2D eigenvalue weighted by Crippen LogP contribution is -2.46. The molecule has 2 unspecified atom stereocenters. The highest BCUT2D eigenvalue weighted by molar-refractivity contribution is 9.09. The van der Waals surface area contributed by atoms with E-state index < -0.39 is 0 Å². The highest BCUT2D eigenvalue weighted by atomic mass is 79.9. The summed E-state index contributed by atoms with van der Waals surface area (Å²) in [5.74, 6) is 0.826. The molecule has 2 rings (SSSR count). The first kappa shape index (κ1) is 10.9. The second kappa shape index (κ2) is 4.13. The molecule has 0 aromatic carbocycles. The lowest BCUT2D eigenvalue weighted by Gasteiger charge is -2.45. The summed E-state index contributed by atoms with van der Waals surface area (Å²) >= 11 is 3.77. The molecule has 82 valence electrons. The van der Waals surface area contributed by atoms with Gasteiger partial charge in [-0.2, -0.15) is 0 Å². The Labute approximate surface area is 96.4 Å². The fourth-order valence-electron chi connectivity index (χ4n) is 2.83. The molecule has 2 fully saturated rings. The topological polar surface area (TPSA) is 3.24 Å². The Hall–Kier alpha value is 0.440. The fraction of sp³-hybridized carbons (Fsp3) is 1.00. The number of hydrogen-bond acceptors (Lipinski definition) is 1. The van der Waals surface area contributed by atoms with Crippen LogP contribution in [0.25, 0.3) is 0 Å². The van der Waals surface area contributed by atoms with Gasteiger partial charge in [-0.25, -0.2) is 0 Å². The zero-order valence-electron chi connectivity index (χ0n) is 9.43. The third-order valence-electron chi connectivity index (χ3n) is 4.05. The molecule has 0 N–H and O–H groups in total. The molecule has 14 heavy (non-hydrogen) atoms. The molecule has 1 aliphatic carbocycles. The zero-order valence-corrected chi connectivity index (χ0v) is 11.0.